The Labute approximate surface area is 194 Å². The van der Waals surface area contributed by atoms with Gasteiger partial charge in [-0.15, -0.1) is 11.3 Å². The number of thiazole rings is 1. The molecule has 8 heteroatoms. The van der Waals surface area contributed by atoms with Crippen molar-refractivity contribution in [1.82, 2.24) is 19.9 Å². The number of likely N-dealkylation sites (tertiary alicyclic amines) is 1. The van der Waals surface area contributed by atoms with E-state index in [9.17, 15) is 9.18 Å². The number of amides is 1. The third-order valence-electron chi connectivity index (χ3n) is 5.85. The summed E-state index contributed by atoms with van der Waals surface area (Å²) in [6, 6.07) is 11.9. The Hall–Kier alpha value is -2.77. The van der Waals surface area contributed by atoms with Crippen LogP contribution in [0, 0.1) is 12.7 Å². The maximum atomic E-state index is 13.6. The largest absolute Gasteiger partial charge is 0.342 e. The summed E-state index contributed by atoms with van der Waals surface area (Å²) in [6.07, 6.45) is 3.60. The van der Waals surface area contributed by atoms with E-state index in [1.54, 1.807) is 12.1 Å². The summed E-state index contributed by atoms with van der Waals surface area (Å²) in [4.78, 5) is 29.0. The number of carbonyl (C=O) groups excluding carboxylic acids is 1. The van der Waals surface area contributed by atoms with Crippen LogP contribution < -0.4 is 0 Å². The first-order valence-corrected chi connectivity index (χ1v) is 11.9. The van der Waals surface area contributed by atoms with E-state index in [0.29, 0.717) is 23.7 Å². The van der Waals surface area contributed by atoms with Gasteiger partial charge in [-0.05, 0) is 62.1 Å². The smallest absolute Gasteiger partial charge is 0.274 e. The fraction of sp³-hybridized carbons (Fsp3) is 0.292. The van der Waals surface area contributed by atoms with Crippen molar-refractivity contribution in [2.75, 3.05) is 6.54 Å². The second-order valence-corrected chi connectivity index (χ2v) is 9.75. The summed E-state index contributed by atoms with van der Waals surface area (Å²) < 4.78 is 13.4. The molecule has 1 N–H and O–H groups in total. The van der Waals surface area contributed by atoms with Gasteiger partial charge < -0.3 is 9.88 Å². The van der Waals surface area contributed by atoms with Crippen molar-refractivity contribution >= 4 is 39.9 Å². The van der Waals surface area contributed by atoms with Gasteiger partial charge >= 0.3 is 0 Å². The van der Waals surface area contributed by atoms with Gasteiger partial charge in [0.1, 0.15) is 17.3 Å². The molecule has 1 saturated heterocycles. The number of aromatic nitrogens is 3. The van der Waals surface area contributed by atoms with Crippen LogP contribution >= 0.6 is 22.9 Å². The van der Waals surface area contributed by atoms with E-state index >= 15 is 0 Å². The molecule has 4 aromatic rings. The molecular weight excluding hydrogens is 447 g/mol. The number of imidazole rings is 1. The lowest BCUT2D eigenvalue weighted by Gasteiger charge is -2.35. The number of piperidine rings is 1. The summed E-state index contributed by atoms with van der Waals surface area (Å²) in [7, 11) is 0. The number of aryl methyl sites for hydroxylation is 1. The van der Waals surface area contributed by atoms with Crippen molar-refractivity contribution in [2.24, 2.45) is 0 Å². The van der Waals surface area contributed by atoms with Crippen molar-refractivity contribution in [1.29, 1.82) is 0 Å². The molecule has 32 heavy (non-hydrogen) atoms. The van der Waals surface area contributed by atoms with E-state index in [-0.39, 0.29) is 17.8 Å². The lowest BCUT2D eigenvalue weighted by molar-refractivity contribution is 0.0607. The molecule has 2 aromatic heterocycles. The average Bonchev–Trinajstić information content (AvgIpc) is 3.36. The van der Waals surface area contributed by atoms with Gasteiger partial charge in [-0.25, -0.2) is 14.4 Å². The molecule has 1 aliphatic rings. The van der Waals surface area contributed by atoms with E-state index < -0.39 is 0 Å². The first-order valence-electron chi connectivity index (χ1n) is 10.7. The van der Waals surface area contributed by atoms with Gasteiger partial charge in [-0.2, -0.15) is 0 Å². The molecule has 1 atom stereocenters. The molecule has 1 amide bonds. The van der Waals surface area contributed by atoms with Gasteiger partial charge in [-0.1, -0.05) is 23.7 Å². The maximum Gasteiger partial charge on any atom is 0.274 e. The second kappa shape index (κ2) is 8.64. The number of carbonyl (C=O) groups is 1. The molecule has 0 bridgehead atoms. The summed E-state index contributed by atoms with van der Waals surface area (Å²) in [6.45, 7) is 2.58. The zero-order valence-corrected chi connectivity index (χ0v) is 19.1. The monoisotopic (exact) mass is 468 g/mol. The average molecular weight is 469 g/mol. The van der Waals surface area contributed by atoms with Crippen LogP contribution in [-0.2, 0) is 6.42 Å². The van der Waals surface area contributed by atoms with Crippen molar-refractivity contribution in [3.63, 3.8) is 0 Å². The summed E-state index contributed by atoms with van der Waals surface area (Å²) in [5.41, 5.74) is 3.02. The van der Waals surface area contributed by atoms with Gasteiger partial charge in [0.2, 0.25) is 0 Å². The Morgan fingerprint density at radius 2 is 2.03 bits per heavy atom. The Balaban J connectivity index is 1.43. The minimum atomic E-state index is -0.300. The van der Waals surface area contributed by atoms with Crippen LogP contribution in [0.25, 0.3) is 21.5 Å². The molecule has 164 valence electrons. The minimum absolute atomic E-state index is 0.0374. The summed E-state index contributed by atoms with van der Waals surface area (Å²) >= 11 is 7.56. The number of hydrogen-bond acceptors (Lipinski definition) is 4. The van der Waals surface area contributed by atoms with Crippen LogP contribution in [0.1, 0.15) is 40.6 Å². The number of fused-ring (bicyclic) bond motifs is 1. The van der Waals surface area contributed by atoms with Crippen LogP contribution in [0.4, 0.5) is 4.39 Å². The van der Waals surface area contributed by atoms with E-state index in [1.165, 1.54) is 23.5 Å². The van der Waals surface area contributed by atoms with Crippen LogP contribution in [0.15, 0.2) is 42.5 Å². The zero-order valence-electron chi connectivity index (χ0n) is 17.6. The van der Waals surface area contributed by atoms with Crippen LogP contribution in [0.5, 0.6) is 0 Å². The van der Waals surface area contributed by atoms with Crippen molar-refractivity contribution in [2.45, 2.75) is 38.6 Å². The second-order valence-electron chi connectivity index (χ2n) is 8.11. The number of H-pyrrole nitrogens is 1. The fourth-order valence-electron chi connectivity index (χ4n) is 4.34. The fourth-order valence-corrected chi connectivity index (χ4v) is 5.42. The molecule has 0 saturated carbocycles. The standard InChI is InChI=1S/C24H22ClFN4OS/c1-14-27-22(23(32-14)15-5-8-17(26)9-6-15)24(31)30-11-3-2-4-18(30)13-21-28-19-10-7-16(25)12-20(19)29-21/h5-10,12,18H,2-4,11,13H2,1H3,(H,28,29). The quantitative estimate of drug-likeness (QED) is 0.398. The number of benzene rings is 2. The Bertz CT molecular complexity index is 1280. The Morgan fingerprint density at radius 3 is 2.84 bits per heavy atom. The van der Waals surface area contributed by atoms with E-state index in [1.807, 2.05) is 30.0 Å². The summed E-state index contributed by atoms with van der Waals surface area (Å²) in [5.74, 6) is 0.476. The molecule has 0 aliphatic carbocycles. The molecule has 5 rings (SSSR count). The molecular formula is C24H22ClFN4OS. The predicted molar refractivity (Wildman–Crippen MR) is 126 cm³/mol. The molecule has 1 fully saturated rings. The number of aromatic amines is 1. The highest BCUT2D eigenvalue weighted by atomic mass is 35.5. The number of nitrogens with zero attached hydrogens (tertiary/aromatic N) is 3. The predicted octanol–water partition coefficient (Wildman–Crippen LogP) is 6.02. The Morgan fingerprint density at radius 1 is 1.22 bits per heavy atom. The molecule has 1 unspecified atom stereocenters. The van der Waals surface area contributed by atoms with Crippen molar-refractivity contribution < 1.29 is 9.18 Å². The van der Waals surface area contributed by atoms with Gasteiger partial charge in [0.15, 0.2) is 0 Å². The first-order chi connectivity index (χ1) is 15.5. The number of halogens is 2. The van der Waals surface area contributed by atoms with Crippen LogP contribution in [0.2, 0.25) is 5.02 Å². The third-order valence-corrected chi connectivity index (χ3v) is 7.11. The molecule has 1 aliphatic heterocycles. The lowest BCUT2D eigenvalue weighted by Crippen LogP contribution is -2.45. The summed E-state index contributed by atoms with van der Waals surface area (Å²) in [5, 5.41) is 1.47. The highest BCUT2D eigenvalue weighted by Crippen LogP contribution is 2.33. The van der Waals surface area contributed by atoms with Crippen molar-refractivity contribution in [3.8, 4) is 10.4 Å². The molecule has 3 heterocycles. The van der Waals surface area contributed by atoms with Gasteiger partial charge in [-0.3, -0.25) is 4.79 Å². The lowest BCUT2D eigenvalue weighted by atomic mass is 9.98. The molecule has 0 spiro atoms. The first kappa shape index (κ1) is 21.1. The molecule has 2 aromatic carbocycles. The maximum absolute atomic E-state index is 13.6. The van der Waals surface area contributed by atoms with Crippen molar-refractivity contribution in [3.05, 3.63) is 69.8 Å². The van der Waals surface area contributed by atoms with Crippen LogP contribution in [-0.4, -0.2) is 38.3 Å². The molecule has 5 nitrogen and oxygen atoms in total. The normalized spacial score (nSPS) is 16.6. The SMILES string of the molecule is Cc1nc(C(=O)N2CCCCC2Cc2nc3cc(Cl)ccc3[nH]2)c(-c2ccc(F)cc2)s1. The highest BCUT2D eigenvalue weighted by molar-refractivity contribution is 7.15. The number of hydrogen-bond donors (Lipinski definition) is 1. The topological polar surface area (TPSA) is 61.9 Å². The van der Waals surface area contributed by atoms with Gasteiger partial charge in [0.25, 0.3) is 5.91 Å². The van der Waals surface area contributed by atoms with E-state index in [4.69, 9.17) is 11.6 Å². The van der Waals surface area contributed by atoms with E-state index in [2.05, 4.69) is 15.0 Å². The van der Waals surface area contributed by atoms with Gasteiger partial charge in [0, 0.05) is 24.0 Å². The minimum Gasteiger partial charge on any atom is -0.342 e. The van der Waals surface area contributed by atoms with E-state index in [0.717, 1.165) is 51.6 Å². The van der Waals surface area contributed by atoms with Gasteiger partial charge in [0.05, 0.1) is 20.9 Å². The number of rotatable bonds is 4. The zero-order chi connectivity index (χ0) is 22.2. The number of nitrogens with one attached hydrogen (secondary N) is 1. The molecule has 0 radical (unpaired) electrons. The Kier molecular flexibility index (Phi) is 5.69. The highest BCUT2D eigenvalue weighted by Gasteiger charge is 2.31. The van der Waals surface area contributed by atoms with Crippen LogP contribution in [0.3, 0.4) is 0 Å². The third kappa shape index (κ3) is 4.14.